The summed E-state index contributed by atoms with van der Waals surface area (Å²) in [5.41, 5.74) is 0.728. The van der Waals surface area contributed by atoms with Gasteiger partial charge in [0, 0.05) is 6.54 Å². The summed E-state index contributed by atoms with van der Waals surface area (Å²) in [6, 6.07) is 2.85. The lowest BCUT2D eigenvalue weighted by Gasteiger charge is -2.06. The Morgan fingerprint density at radius 3 is 2.68 bits per heavy atom. The normalized spacial score (nSPS) is 10.2. The van der Waals surface area contributed by atoms with Crippen molar-refractivity contribution >= 4 is 23.6 Å². The van der Waals surface area contributed by atoms with E-state index >= 15 is 0 Å². The molecule has 0 radical (unpaired) electrons. The molecular weight excluding hydrogens is 264 g/mol. The van der Waals surface area contributed by atoms with Crippen LogP contribution in [0.15, 0.2) is 12.1 Å². The van der Waals surface area contributed by atoms with E-state index in [1.54, 1.807) is 18.7 Å². The Hall–Kier alpha value is -1.56. The number of nitrogens with zero attached hydrogens (tertiary/aromatic N) is 1. The molecule has 0 aromatic carbocycles. The maximum Gasteiger partial charge on any atom is 0.337 e. The van der Waals surface area contributed by atoms with Gasteiger partial charge in [-0.05, 0) is 43.9 Å². The van der Waals surface area contributed by atoms with Crippen molar-refractivity contribution in [2.75, 3.05) is 18.6 Å². The monoisotopic (exact) mass is 282 g/mol. The third-order valence-electron chi connectivity index (χ3n) is 2.61. The fraction of sp³-hybridized carbons (Fsp3) is 0.462. The maximum absolute atomic E-state index is 11.8. The van der Waals surface area contributed by atoms with E-state index in [-0.39, 0.29) is 17.2 Å². The first-order valence-corrected chi connectivity index (χ1v) is 7.43. The molecule has 0 fully saturated rings. The fourth-order valence-corrected chi connectivity index (χ4v) is 2.07. The molecule has 0 aliphatic rings. The van der Waals surface area contributed by atoms with Gasteiger partial charge in [0.15, 0.2) is 0 Å². The zero-order valence-corrected chi connectivity index (χ0v) is 11.9. The number of nitrogens with one attached hydrogen (secondary N) is 1. The van der Waals surface area contributed by atoms with E-state index in [0.29, 0.717) is 12.2 Å². The number of hydrogen-bond acceptors (Lipinski definition) is 4. The average molecular weight is 282 g/mol. The van der Waals surface area contributed by atoms with Crippen molar-refractivity contribution in [1.82, 2.24) is 10.3 Å². The number of hydrogen-bond donors (Lipinski definition) is 2. The van der Waals surface area contributed by atoms with Crippen LogP contribution in [-0.2, 0) is 0 Å². The number of carboxylic acids is 1. The van der Waals surface area contributed by atoms with Crippen LogP contribution in [0.4, 0.5) is 0 Å². The molecule has 19 heavy (non-hydrogen) atoms. The smallest absolute Gasteiger partial charge is 0.337 e. The first-order valence-electron chi connectivity index (χ1n) is 6.04. The highest BCUT2D eigenvalue weighted by molar-refractivity contribution is 7.98. The van der Waals surface area contributed by atoms with E-state index in [2.05, 4.69) is 16.6 Å². The van der Waals surface area contributed by atoms with E-state index in [9.17, 15) is 9.59 Å². The molecule has 1 aromatic heterocycles. The van der Waals surface area contributed by atoms with Crippen molar-refractivity contribution < 1.29 is 14.7 Å². The molecule has 0 saturated carbocycles. The molecule has 0 aliphatic carbocycles. The van der Waals surface area contributed by atoms with Crippen molar-refractivity contribution in [3.63, 3.8) is 0 Å². The van der Waals surface area contributed by atoms with Crippen LogP contribution in [0.5, 0.6) is 0 Å². The van der Waals surface area contributed by atoms with Crippen LogP contribution >= 0.6 is 11.8 Å². The molecule has 1 aromatic rings. The summed E-state index contributed by atoms with van der Waals surface area (Å²) in [6.07, 6.45) is 4.04. The number of carboxylic acid groups (broad SMARTS) is 1. The van der Waals surface area contributed by atoms with Crippen LogP contribution in [0.2, 0.25) is 0 Å². The van der Waals surface area contributed by atoms with Gasteiger partial charge in [0.05, 0.1) is 11.3 Å². The van der Waals surface area contributed by atoms with E-state index < -0.39 is 5.97 Å². The summed E-state index contributed by atoms with van der Waals surface area (Å²) in [4.78, 5) is 26.6. The molecule has 104 valence electrons. The van der Waals surface area contributed by atoms with Crippen LogP contribution in [0.1, 0.15) is 39.4 Å². The lowest BCUT2D eigenvalue weighted by molar-refractivity contribution is 0.0694. The predicted octanol–water partition coefficient (Wildman–Crippen LogP) is 1.96. The second kappa shape index (κ2) is 7.78. The molecule has 0 saturated heterocycles. The van der Waals surface area contributed by atoms with Crippen LogP contribution in [0.25, 0.3) is 0 Å². The number of aromatic carboxylic acids is 1. The van der Waals surface area contributed by atoms with Gasteiger partial charge >= 0.3 is 5.97 Å². The van der Waals surface area contributed by atoms with Gasteiger partial charge in [-0.25, -0.2) is 9.78 Å². The molecule has 0 unspecified atom stereocenters. The summed E-state index contributed by atoms with van der Waals surface area (Å²) < 4.78 is 0. The Bertz CT molecular complexity index is 463. The standard InChI is InChI=1S/C13H18N2O3S/c1-9-10(13(17)18)5-6-11(15-9)12(16)14-7-3-4-8-19-2/h5-6H,3-4,7-8H2,1-2H3,(H,14,16)(H,17,18). The highest BCUT2D eigenvalue weighted by Crippen LogP contribution is 2.07. The lowest BCUT2D eigenvalue weighted by Crippen LogP contribution is -2.26. The number of carbonyl (C=O) groups excluding carboxylic acids is 1. The predicted molar refractivity (Wildman–Crippen MR) is 75.9 cm³/mol. The van der Waals surface area contributed by atoms with E-state index in [1.165, 1.54) is 12.1 Å². The highest BCUT2D eigenvalue weighted by atomic mass is 32.2. The summed E-state index contributed by atoms with van der Waals surface area (Å²) in [6.45, 7) is 2.19. The number of rotatable bonds is 7. The van der Waals surface area contributed by atoms with E-state index in [4.69, 9.17) is 5.11 Å². The summed E-state index contributed by atoms with van der Waals surface area (Å²) in [5.74, 6) is -0.209. The van der Waals surface area contributed by atoms with Gasteiger partial charge in [-0.3, -0.25) is 4.79 Å². The van der Waals surface area contributed by atoms with Crippen LogP contribution in [0.3, 0.4) is 0 Å². The Balaban J connectivity index is 2.53. The number of aromatic nitrogens is 1. The van der Waals surface area contributed by atoms with E-state index in [1.807, 2.05) is 0 Å². The first-order chi connectivity index (χ1) is 9.06. The topological polar surface area (TPSA) is 79.3 Å². The molecular formula is C13H18N2O3S. The highest BCUT2D eigenvalue weighted by Gasteiger charge is 2.12. The Labute approximate surface area is 116 Å². The zero-order chi connectivity index (χ0) is 14.3. The molecule has 5 nitrogen and oxygen atoms in total. The SMILES string of the molecule is CSCCCCNC(=O)c1ccc(C(=O)O)c(C)n1. The number of amides is 1. The molecule has 2 N–H and O–H groups in total. The van der Waals surface area contributed by atoms with Gasteiger partial charge in [0.1, 0.15) is 5.69 Å². The maximum atomic E-state index is 11.8. The molecule has 1 rings (SSSR count). The van der Waals surface area contributed by atoms with Crippen molar-refractivity contribution in [2.45, 2.75) is 19.8 Å². The molecule has 0 bridgehead atoms. The third kappa shape index (κ3) is 4.90. The molecule has 0 spiro atoms. The first kappa shape index (κ1) is 15.5. The van der Waals surface area contributed by atoms with Gasteiger partial charge in [-0.1, -0.05) is 0 Å². The van der Waals surface area contributed by atoms with Crippen molar-refractivity contribution in [2.24, 2.45) is 0 Å². The minimum atomic E-state index is -1.03. The molecule has 1 heterocycles. The van der Waals surface area contributed by atoms with Gasteiger partial charge < -0.3 is 10.4 Å². The van der Waals surface area contributed by atoms with Crippen LogP contribution in [0, 0.1) is 6.92 Å². The molecule has 1 amide bonds. The number of carbonyl (C=O) groups is 2. The second-order valence-corrected chi connectivity index (χ2v) is 5.08. The van der Waals surface area contributed by atoms with Gasteiger partial charge in [0.25, 0.3) is 5.91 Å². The molecule has 6 heteroatoms. The number of unbranched alkanes of at least 4 members (excludes halogenated alkanes) is 1. The summed E-state index contributed by atoms with van der Waals surface area (Å²) >= 11 is 1.78. The zero-order valence-electron chi connectivity index (χ0n) is 11.1. The van der Waals surface area contributed by atoms with Gasteiger partial charge in [-0.15, -0.1) is 0 Å². The minimum Gasteiger partial charge on any atom is -0.478 e. The largest absolute Gasteiger partial charge is 0.478 e. The Morgan fingerprint density at radius 2 is 2.11 bits per heavy atom. The quantitative estimate of drug-likeness (QED) is 0.747. The number of pyridine rings is 1. The summed E-state index contributed by atoms with van der Waals surface area (Å²) in [7, 11) is 0. The third-order valence-corrected chi connectivity index (χ3v) is 3.31. The molecule has 0 aliphatic heterocycles. The van der Waals surface area contributed by atoms with Gasteiger partial charge in [-0.2, -0.15) is 11.8 Å². The number of thioether (sulfide) groups is 1. The Kier molecular flexibility index (Phi) is 6.35. The molecule has 0 atom stereocenters. The van der Waals surface area contributed by atoms with E-state index in [0.717, 1.165) is 18.6 Å². The minimum absolute atomic E-state index is 0.122. The van der Waals surface area contributed by atoms with Crippen molar-refractivity contribution in [1.29, 1.82) is 0 Å². The van der Waals surface area contributed by atoms with Crippen LogP contribution in [-0.4, -0.2) is 40.5 Å². The second-order valence-electron chi connectivity index (χ2n) is 4.09. The van der Waals surface area contributed by atoms with Crippen molar-refractivity contribution in [3.05, 3.63) is 29.1 Å². The summed E-state index contributed by atoms with van der Waals surface area (Å²) in [5, 5.41) is 11.7. The lowest BCUT2D eigenvalue weighted by atomic mass is 10.2. The fourth-order valence-electron chi connectivity index (χ4n) is 1.58. The van der Waals surface area contributed by atoms with Gasteiger partial charge in [0.2, 0.25) is 0 Å². The van der Waals surface area contributed by atoms with Crippen molar-refractivity contribution in [3.8, 4) is 0 Å². The number of aryl methyl sites for hydroxylation is 1. The average Bonchev–Trinajstić information content (AvgIpc) is 2.37. The van der Waals surface area contributed by atoms with Crippen LogP contribution < -0.4 is 5.32 Å². The Morgan fingerprint density at radius 1 is 1.37 bits per heavy atom.